The first-order valence-electron chi connectivity index (χ1n) is 5.22. The largest absolute Gasteiger partial charge is 0.394 e. The van der Waals surface area contributed by atoms with E-state index in [-0.39, 0.29) is 24.7 Å². The lowest BCUT2D eigenvalue weighted by Gasteiger charge is -2.27. The summed E-state index contributed by atoms with van der Waals surface area (Å²) in [5.74, 6) is -0.122. The van der Waals surface area contributed by atoms with E-state index in [9.17, 15) is 9.90 Å². The van der Waals surface area contributed by atoms with Gasteiger partial charge in [0, 0.05) is 6.61 Å². The minimum Gasteiger partial charge on any atom is -0.394 e. The monoisotopic (exact) mass is 201 g/mol. The van der Waals surface area contributed by atoms with Gasteiger partial charge in [0.25, 0.3) is 0 Å². The zero-order valence-corrected chi connectivity index (χ0v) is 8.71. The van der Waals surface area contributed by atoms with E-state index < -0.39 is 0 Å². The Morgan fingerprint density at radius 2 is 2.14 bits per heavy atom. The van der Waals surface area contributed by atoms with Crippen LogP contribution in [0.5, 0.6) is 0 Å². The summed E-state index contributed by atoms with van der Waals surface area (Å²) in [5, 5.41) is 12.1. The van der Waals surface area contributed by atoms with Crippen LogP contribution in [0.15, 0.2) is 0 Å². The number of rotatable bonds is 5. The molecule has 14 heavy (non-hydrogen) atoms. The summed E-state index contributed by atoms with van der Waals surface area (Å²) in [6.07, 6.45) is 3.91. The lowest BCUT2D eigenvalue weighted by atomic mass is 9.99. The molecular formula is C10H19NO3. The summed E-state index contributed by atoms with van der Waals surface area (Å²) in [6, 6.07) is 0. The van der Waals surface area contributed by atoms with Crippen molar-refractivity contribution >= 4 is 5.91 Å². The summed E-state index contributed by atoms with van der Waals surface area (Å²) in [7, 11) is 0. The van der Waals surface area contributed by atoms with Crippen LogP contribution in [0.1, 0.15) is 32.6 Å². The first kappa shape index (κ1) is 11.5. The van der Waals surface area contributed by atoms with Crippen LogP contribution in [0.4, 0.5) is 0 Å². The molecule has 82 valence electrons. The normalized spacial score (nSPS) is 19.6. The highest BCUT2D eigenvalue weighted by Gasteiger charge is 2.34. The molecule has 4 nitrogen and oxygen atoms in total. The lowest BCUT2D eigenvalue weighted by molar-refractivity contribution is -0.128. The SMILES string of the molecule is CCOCC(=O)NC1(CO)CCCC1. The third-order valence-corrected chi connectivity index (χ3v) is 2.71. The summed E-state index contributed by atoms with van der Waals surface area (Å²) >= 11 is 0. The fourth-order valence-corrected chi connectivity index (χ4v) is 1.90. The van der Waals surface area contributed by atoms with Crippen molar-refractivity contribution in [2.24, 2.45) is 0 Å². The van der Waals surface area contributed by atoms with Gasteiger partial charge in [-0.05, 0) is 19.8 Å². The first-order valence-corrected chi connectivity index (χ1v) is 5.22. The predicted octanol–water partition coefficient (Wildman–Crippen LogP) is 0.444. The second kappa shape index (κ2) is 5.32. The summed E-state index contributed by atoms with van der Waals surface area (Å²) in [5.41, 5.74) is -0.367. The average molecular weight is 201 g/mol. The molecule has 1 rings (SSSR count). The van der Waals surface area contributed by atoms with Gasteiger partial charge in [-0.2, -0.15) is 0 Å². The van der Waals surface area contributed by atoms with Crippen LogP contribution >= 0.6 is 0 Å². The zero-order valence-electron chi connectivity index (χ0n) is 8.71. The molecule has 0 saturated heterocycles. The van der Waals surface area contributed by atoms with E-state index in [0.717, 1.165) is 25.7 Å². The second-order valence-electron chi connectivity index (χ2n) is 3.83. The Labute approximate surface area is 84.6 Å². The van der Waals surface area contributed by atoms with Gasteiger partial charge in [-0.3, -0.25) is 4.79 Å². The molecule has 0 radical (unpaired) electrons. The minimum absolute atomic E-state index is 0.0326. The second-order valence-corrected chi connectivity index (χ2v) is 3.83. The molecule has 0 aromatic carbocycles. The van der Waals surface area contributed by atoms with Crippen LogP contribution in [0.3, 0.4) is 0 Å². The van der Waals surface area contributed by atoms with Gasteiger partial charge < -0.3 is 15.2 Å². The van der Waals surface area contributed by atoms with Gasteiger partial charge in [0.2, 0.25) is 5.91 Å². The molecule has 0 heterocycles. The topological polar surface area (TPSA) is 58.6 Å². The molecule has 0 aromatic rings. The van der Waals surface area contributed by atoms with Gasteiger partial charge in [0.1, 0.15) is 6.61 Å². The van der Waals surface area contributed by atoms with Crippen molar-refractivity contribution in [1.29, 1.82) is 0 Å². The molecule has 1 aliphatic rings. The van der Waals surface area contributed by atoms with Crippen LogP contribution in [0.25, 0.3) is 0 Å². The van der Waals surface area contributed by atoms with Crippen LogP contribution < -0.4 is 5.32 Å². The number of nitrogens with one attached hydrogen (secondary N) is 1. The predicted molar refractivity (Wildman–Crippen MR) is 52.9 cm³/mol. The number of ether oxygens (including phenoxy) is 1. The Morgan fingerprint density at radius 3 is 2.64 bits per heavy atom. The van der Waals surface area contributed by atoms with Crippen LogP contribution in [0.2, 0.25) is 0 Å². The number of hydrogen-bond acceptors (Lipinski definition) is 3. The number of amides is 1. The number of carbonyl (C=O) groups is 1. The van der Waals surface area contributed by atoms with Crippen LogP contribution in [-0.4, -0.2) is 36.4 Å². The molecule has 1 saturated carbocycles. The van der Waals surface area contributed by atoms with Gasteiger partial charge >= 0.3 is 0 Å². The van der Waals surface area contributed by atoms with Crippen LogP contribution in [0, 0.1) is 0 Å². The Kier molecular flexibility index (Phi) is 4.35. The van der Waals surface area contributed by atoms with E-state index in [1.54, 1.807) is 0 Å². The van der Waals surface area contributed by atoms with Gasteiger partial charge in [-0.1, -0.05) is 12.8 Å². The first-order chi connectivity index (χ1) is 6.72. The van der Waals surface area contributed by atoms with E-state index in [1.165, 1.54) is 0 Å². The molecule has 2 N–H and O–H groups in total. The van der Waals surface area contributed by atoms with Crippen LogP contribution in [-0.2, 0) is 9.53 Å². The molecule has 1 amide bonds. The van der Waals surface area contributed by atoms with E-state index in [4.69, 9.17) is 4.74 Å². The fourth-order valence-electron chi connectivity index (χ4n) is 1.90. The summed E-state index contributed by atoms with van der Waals surface area (Å²) < 4.78 is 5.00. The Morgan fingerprint density at radius 1 is 1.50 bits per heavy atom. The number of carbonyl (C=O) groups excluding carboxylic acids is 1. The highest BCUT2D eigenvalue weighted by Crippen LogP contribution is 2.28. The van der Waals surface area contributed by atoms with E-state index >= 15 is 0 Å². The minimum atomic E-state index is -0.367. The molecule has 0 bridgehead atoms. The average Bonchev–Trinajstić information content (AvgIpc) is 2.64. The zero-order chi connectivity index (χ0) is 10.4. The Balaban J connectivity index is 2.36. The van der Waals surface area contributed by atoms with E-state index in [0.29, 0.717) is 6.61 Å². The Hall–Kier alpha value is -0.610. The molecule has 0 unspecified atom stereocenters. The van der Waals surface area contributed by atoms with Crippen molar-refractivity contribution in [3.05, 3.63) is 0 Å². The van der Waals surface area contributed by atoms with Gasteiger partial charge in [-0.25, -0.2) is 0 Å². The van der Waals surface area contributed by atoms with Crippen molar-refractivity contribution in [2.75, 3.05) is 19.8 Å². The van der Waals surface area contributed by atoms with E-state index in [1.807, 2.05) is 6.92 Å². The smallest absolute Gasteiger partial charge is 0.246 e. The van der Waals surface area contributed by atoms with Gasteiger partial charge in [0.15, 0.2) is 0 Å². The summed E-state index contributed by atoms with van der Waals surface area (Å²) in [6.45, 7) is 2.52. The van der Waals surface area contributed by atoms with Gasteiger partial charge in [-0.15, -0.1) is 0 Å². The van der Waals surface area contributed by atoms with Crippen molar-refractivity contribution in [1.82, 2.24) is 5.32 Å². The third-order valence-electron chi connectivity index (χ3n) is 2.71. The number of aliphatic hydroxyl groups excluding tert-OH is 1. The lowest BCUT2D eigenvalue weighted by Crippen LogP contribution is -2.50. The number of aliphatic hydroxyl groups is 1. The van der Waals surface area contributed by atoms with Gasteiger partial charge in [0.05, 0.1) is 12.1 Å². The molecule has 0 aromatic heterocycles. The fraction of sp³-hybridized carbons (Fsp3) is 0.900. The number of hydrogen-bond donors (Lipinski definition) is 2. The highest BCUT2D eigenvalue weighted by atomic mass is 16.5. The molecular weight excluding hydrogens is 182 g/mol. The quantitative estimate of drug-likeness (QED) is 0.678. The maximum Gasteiger partial charge on any atom is 0.246 e. The van der Waals surface area contributed by atoms with Crippen molar-refractivity contribution < 1.29 is 14.6 Å². The molecule has 0 atom stereocenters. The standard InChI is InChI=1S/C10H19NO3/c1-2-14-7-9(13)11-10(8-12)5-3-4-6-10/h12H,2-8H2,1H3,(H,11,13). The molecule has 0 spiro atoms. The summed E-state index contributed by atoms with van der Waals surface area (Å²) in [4.78, 5) is 11.4. The van der Waals surface area contributed by atoms with Crippen molar-refractivity contribution in [3.8, 4) is 0 Å². The molecule has 0 aliphatic heterocycles. The van der Waals surface area contributed by atoms with Crippen molar-refractivity contribution in [2.45, 2.75) is 38.1 Å². The van der Waals surface area contributed by atoms with E-state index in [2.05, 4.69) is 5.32 Å². The molecule has 1 aliphatic carbocycles. The van der Waals surface area contributed by atoms with Crippen molar-refractivity contribution in [3.63, 3.8) is 0 Å². The third kappa shape index (κ3) is 2.96. The maximum atomic E-state index is 11.4. The maximum absolute atomic E-state index is 11.4. The highest BCUT2D eigenvalue weighted by molar-refractivity contribution is 5.78. The molecule has 1 fully saturated rings. The Bertz CT molecular complexity index is 188. The molecule has 4 heteroatoms.